The minimum absolute atomic E-state index is 0.236. The zero-order valence-corrected chi connectivity index (χ0v) is 11.8. The maximum atomic E-state index is 11.5. The predicted octanol–water partition coefficient (Wildman–Crippen LogP) is 3.02. The minimum atomic E-state index is -0.392. The molecule has 4 nitrogen and oxygen atoms in total. The van der Waals surface area contributed by atoms with E-state index in [1.54, 1.807) is 6.92 Å². The van der Waals surface area contributed by atoms with Gasteiger partial charge < -0.3 is 9.47 Å². The molecule has 0 aromatic heterocycles. The number of rotatable bonds is 8. The predicted molar refractivity (Wildman–Crippen MR) is 75.9 cm³/mol. The molecule has 0 radical (unpaired) electrons. The van der Waals surface area contributed by atoms with Gasteiger partial charge >= 0.3 is 11.9 Å². The van der Waals surface area contributed by atoms with Crippen LogP contribution in [-0.2, 0) is 25.7 Å². The van der Waals surface area contributed by atoms with Gasteiger partial charge in [0.1, 0.15) is 6.61 Å². The molecular weight excluding hydrogens is 256 g/mol. The molecular formula is C16H20O4. The summed E-state index contributed by atoms with van der Waals surface area (Å²) in [5.74, 6) is -0.628. The lowest BCUT2D eigenvalue weighted by molar-refractivity contribution is -0.145. The third kappa shape index (κ3) is 6.73. The maximum Gasteiger partial charge on any atom is 0.333 e. The van der Waals surface area contributed by atoms with E-state index in [1.165, 1.54) is 0 Å². The first-order valence-electron chi connectivity index (χ1n) is 6.62. The van der Waals surface area contributed by atoms with Gasteiger partial charge in [0.15, 0.2) is 0 Å². The molecule has 0 heterocycles. The SMILES string of the molecule is C=C(C)C(=O)OCCCCC(=O)OCc1ccccc1. The third-order valence-electron chi connectivity index (χ3n) is 2.60. The van der Waals surface area contributed by atoms with Crippen LogP contribution in [0.25, 0.3) is 0 Å². The summed E-state index contributed by atoms with van der Waals surface area (Å²) in [6.45, 7) is 5.69. The standard InChI is InChI=1S/C16H20O4/c1-13(2)16(18)19-11-7-6-10-15(17)20-12-14-8-4-3-5-9-14/h3-5,8-9H,1,6-7,10-12H2,2H3. The number of carbonyl (C=O) groups excluding carboxylic acids is 2. The van der Waals surface area contributed by atoms with Crippen LogP contribution < -0.4 is 0 Å². The van der Waals surface area contributed by atoms with Crippen molar-refractivity contribution in [1.29, 1.82) is 0 Å². The zero-order chi connectivity index (χ0) is 14.8. The number of esters is 2. The summed E-state index contributed by atoms with van der Waals surface area (Å²) in [4.78, 5) is 22.6. The van der Waals surface area contributed by atoms with E-state index in [1.807, 2.05) is 30.3 Å². The summed E-state index contributed by atoms with van der Waals surface area (Å²) in [5.41, 5.74) is 1.35. The van der Waals surface area contributed by atoms with Gasteiger partial charge in [0.2, 0.25) is 0 Å². The van der Waals surface area contributed by atoms with Gasteiger partial charge in [-0.15, -0.1) is 0 Å². The highest BCUT2D eigenvalue weighted by Crippen LogP contribution is 2.04. The van der Waals surface area contributed by atoms with Crippen LogP contribution in [0.5, 0.6) is 0 Å². The Morgan fingerprint density at radius 3 is 2.45 bits per heavy atom. The van der Waals surface area contributed by atoms with Crippen LogP contribution in [0.15, 0.2) is 42.5 Å². The lowest BCUT2D eigenvalue weighted by atomic mass is 10.2. The number of hydrogen-bond acceptors (Lipinski definition) is 4. The molecule has 1 rings (SSSR count). The van der Waals surface area contributed by atoms with E-state index in [0.717, 1.165) is 5.56 Å². The number of benzene rings is 1. The lowest BCUT2D eigenvalue weighted by Gasteiger charge is -2.05. The highest BCUT2D eigenvalue weighted by Gasteiger charge is 2.05. The van der Waals surface area contributed by atoms with Gasteiger partial charge in [-0.2, -0.15) is 0 Å². The Morgan fingerprint density at radius 2 is 1.80 bits per heavy atom. The smallest absolute Gasteiger partial charge is 0.333 e. The molecule has 0 unspecified atom stereocenters. The molecule has 0 saturated heterocycles. The first-order chi connectivity index (χ1) is 9.59. The van der Waals surface area contributed by atoms with Crippen molar-refractivity contribution < 1.29 is 19.1 Å². The van der Waals surface area contributed by atoms with Crippen molar-refractivity contribution in [2.75, 3.05) is 6.61 Å². The van der Waals surface area contributed by atoms with Crippen LogP contribution in [0.3, 0.4) is 0 Å². The normalized spacial score (nSPS) is 9.85. The van der Waals surface area contributed by atoms with Gasteiger partial charge in [-0.25, -0.2) is 4.79 Å². The summed E-state index contributed by atoms with van der Waals surface area (Å²) in [5, 5.41) is 0. The summed E-state index contributed by atoms with van der Waals surface area (Å²) in [6, 6.07) is 9.53. The van der Waals surface area contributed by atoms with Crippen molar-refractivity contribution in [2.45, 2.75) is 32.8 Å². The van der Waals surface area contributed by atoms with E-state index < -0.39 is 5.97 Å². The van der Waals surface area contributed by atoms with Gasteiger partial charge in [-0.1, -0.05) is 36.9 Å². The molecule has 0 N–H and O–H groups in total. The maximum absolute atomic E-state index is 11.5. The average molecular weight is 276 g/mol. The highest BCUT2D eigenvalue weighted by atomic mass is 16.5. The number of hydrogen-bond donors (Lipinski definition) is 0. The van der Waals surface area contributed by atoms with E-state index in [2.05, 4.69) is 6.58 Å². The summed E-state index contributed by atoms with van der Waals surface area (Å²) < 4.78 is 10.1. The van der Waals surface area contributed by atoms with Crippen molar-refractivity contribution in [2.24, 2.45) is 0 Å². The molecule has 108 valence electrons. The van der Waals surface area contributed by atoms with Crippen molar-refractivity contribution in [3.8, 4) is 0 Å². The Bertz CT molecular complexity index is 451. The van der Waals surface area contributed by atoms with Gasteiger partial charge in [0.25, 0.3) is 0 Å². The number of carbonyl (C=O) groups is 2. The molecule has 0 aliphatic heterocycles. The molecule has 20 heavy (non-hydrogen) atoms. The van der Waals surface area contributed by atoms with Crippen molar-refractivity contribution in [1.82, 2.24) is 0 Å². The van der Waals surface area contributed by atoms with Crippen molar-refractivity contribution in [3.63, 3.8) is 0 Å². The van der Waals surface area contributed by atoms with E-state index in [4.69, 9.17) is 9.47 Å². The van der Waals surface area contributed by atoms with Crippen LogP contribution in [0, 0.1) is 0 Å². The van der Waals surface area contributed by atoms with Gasteiger partial charge in [-0.3, -0.25) is 4.79 Å². The minimum Gasteiger partial charge on any atom is -0.462 e. The fourth-order valence-corrected chi connectivity index (χ4v) is 1.47. The second-order valence-corrected chi connectivity index (χ2v) is 4.52. The molecule has 0 amide bonds. The molecule has 0 bridgehead atoms. The number of unbranched alkanes of at least 4 members (excludes halogenated alkanes) is 1. The van der Waals surface area contributed by atoms with Crippen LogP contribution in [0.4, 0.5) is 0 Å². The summed E-state index contributed by atoms with van der Waals surface area (Å²) >= 11 is 0. The molecule has 4 heteroatoms. The Morgan fingerprint density at radius 1 is 1.10 bits per heavy atom. The molecule has 1 aromatic carbocycles. The molecule has 0 fully saturated rings. The zero-order valence-electron chi connectivity index (χ0n) is 11.8. The fourth-order valence-electron chi connectivity index (χ4n) is 1.47. The second kappa shape index (κ2) is 8.91. The fraction of sp³-hybridized carbons (Fsp3) is 0.375. The second-order valence-electron chi connectivity index (χ2n) is 4.52. The first kappa shape index (κ1) is 16.0. The van der Waals surface area contributed by atoms with E-state index in [0.29, 0.717) is 38.0 Å². The molecule has 0 spiro atoms. The lowest BCUT2D eigenvalue weighted by Crippen LogP contribution is -2.08. The van der Waals surface area contributed by atoms with Crippen molar-refractivity contribution in [3.05, 3.63) is 48.0 Å². The van der Waals surface area contributed by atoms with Crippen LogP contribution in [0.1, 0.15) is 31.7 Å². The van der Waals surface area contributed by atoms with E-state index in [-0.39, 0.29) is 5.97 Å². The topological polar surface area (TPSA) is 52.6 Å². The molecule has 0 aliphatic carbocycles. The Balaban J connectivity index is 2.06. The van der Waals surface area contributed by atoms with Crippen LogP contribution in [-0.4, -0.2) is 18.5 Å². The van der Waals surface area contributed by atoms with Gasteiger partial charge in [0.05, 0.1) is 6.61 Å². The van der Waals surface area contributed by atoms with Crippen LogP contribution in [0.2, 0.25) is 0 Å². The van der Waals surface area contributed by atoms with E-state index >= 15 is 0 Å². The molecule has 0 aliphatic rings. The summed E-state index contributed by atoms with van der Waals surface area (Å²) in [6.07, 6.45) is 1.61. The molecule has 1 aromatic rings. The Labute approximate surface area is 119 Å². The molecule has 0 saturated carbocycles. The largest absolute Gasteiger partial charge is 0.462 e. The summed E-state index contributed by atoms with van der Waals surface area (Å²) in [7, 11) is 0. The third-order valence-corrected chi connectivity index (χ3v) is 2.60. The Hall–Kier alpha value is -2.10. The Kier molecular flexibility index (Phi) is 7.11. The van der Waals surface area contributed by atoms with Gasteiger partial charge in [0, 0.05) is 12.0 Å². The average Bonchev–Trinajstić information content (AvgIpc) is 2.45. The molecule has 0 atom stereocenters. The quantitative estimate of drug-likeness (QED) is 0.416. The van der Waals surface area contributed by atoms with Crippen LogP contribution >= 0.6 is 0 Å². The van der Waals surface area contributed by atoms with E-state index in [9.17, 15) is 9.59 Å². The van der Waals surface area contributed by atoms with Gasteiger partial charge in [-0.05, 0) is 25.3 Å². The highest BCUT2D eigenvalue weighted by molar-refractivity contribution is 5.86. The number of ether oxygens (including phenoxy) is 2. The first-order valence-corrected chi connectivity index (χ1v) is 6.62. The monoisotopic (exact) mass is 276 g/mol. The van der Waals surface area contributed by atoms with Crippen molar-refractivity contribution >= 4 is 11.9 Å².